The molecule has 0 radical (unpaired) electrons. The topological polar surface area (TPSA) is 77.5 Å². The number of hydrogen-bond donors (Lipinski definition) is 1. The Morgan fingerprint density at radius 1 is 1.00 bits per heavy atom. The fourth-order valence-electron chi connectivity index (χ4n) is 5.03. The van der Waals surface area contributed by atoms with Crippen molar-refractivity contribution in [2.45, 2.75) is 52.1 Å². The van der Waals surface area contributed by atoms with Gasteiger partial charge >= 0.3 is 5.97 Å². The van der Waals surface area contributed by atoms with Crippen molar-refractivity contribution in [1.82, 2.24) is 10.3 Å². The maximum atomic E-state index is 14.8. The van der Waals surface area contributed by atoms with Crippen LogP contribution in [-0.4, -0.2) is 36.1 Å². The Hall–Kier alpha value is -3.85. The van der Waals surface area contributed by atoms with Crippen LogP contribution in [-0.2, 0) is 14.9 Å². The molecule has 0 aliphatic carbocycles. The molecule has 1 aromatic heterocycles. The molecular weight excluding hydrogens is 606 g/mol. The predicted octanol–water partition coefficient (Wildman–Crippen LogP) is 7.68. The van der Waals surface area contributed by atoms with E-state index >= 15 is 0 Å². The third-order valence-corrected chi connectivity index (χ3v) is 7.41. The number of aromatic nitrogens is 1. The van der Waals surface area contributed by atoms with E-state index in [2.05, 4.69) is 21.2 Å². The number of benzene rings is 3. The summed E-state index contributed by atoms with van der Waals surface area (Å²) in [6.45, 7) is 8.50. The lowest BCUT2D eigenvalue weighted by atomic mass is 9.78. The molecule has 6 nitrogen and oxygen atoms in total. The van der Waals surface area contributed by atoms with Crippen molar-refractivity contribution in [3.63, 3.8) is 0 Å². The number of ether oxygens (including phenoxy) is 2. The van der Waals surface area contributed by atoms with E-state index in [1.54, 1.807) is 27.7 Å². The SMILES string of the molecule is COc1c(F)cc(F)cc1C(C)(CNC(=O)c1c(C)c(-c2ccccc2)nc2ccc(Br)cc12)CC(=O)OC(C)(C)C. The second-order valence-electron chi connectivity index (χ2n) is 11.5. The third-order valence-electron chi connectivity index (χ3n) is 6.92. The fourth-order valence-corrected chi connectivity index (χ4v) is 5.39. The molecule has 4 rings (SSSR count). The highest BCUT2D eigenvalue weighted by Gasteiger charge is 2.37. The van der Waals surface area contributed by atoms with Crippen molar-refractivity contribution in [1.29, 1.82) is 0 Å². The highest BCUT2D eigenvalue weighted by molar-refractivity contribution is 9.10. The Kier molecular flexibility index (Phi) is 9.01. The van der Waals surface area contributed by atoms with Crippen molar-refractivity contribution in [2.75, 3.05) is 13.7 Å². The van der Waals surface area contributed by atoms with E-state index in [4.69, 9.17) is 14.5 Å². The first-order chi connectivity index (χ1) is 19.7. The average molecular weight is 640 g/mol. The summed E-state index contributed by atoms with van der Waals surface area (Å²) in [5, 5.41) is 3.56. The molecule has 0 saturated carbocycles. The standard InChI is InChI=1S/C33H33BrF2N2O4/c1-19-28(23-14-21(34)12-13-26(23)38-29(19)20-10-8-7-9-11-20)31(40)37-18-33(5,17-27(39)42-32(2,3)4)24-15-22(35)16-25(36)30(24)41-6/h7-16H,17-18H2,1-6H3,(H,37,40). The van der Waals surface area contributed by atoms with Gasteiger partial charge in [0.25, 0.3) is 5.91 Å². The number of amides is 1. The third kappa shape index (κ3) is 6.78. The lowest BCUT2D eigenvalue weighted by molar-refractivity contribution is -0.156. The summed E-state index contributed by atoms with van der Waals surface area (Å²) in [7, 11) is 1.27. The summed E-state index contributed by atoms with van der Waals surface area (Å²) < 4.78 is 40.9. The summed E-state index contributed by atoms with van der Waals surface area (Å²) in [6.07, 6.45) is -0.277. The summed E-state index contributed by atoms with van der Waals surface area (Å²) >= 11 is 3.49. The molecular formula is C33H33BrF2N2O4. The Morgan fingerprint density at radius 2 is 1.69 bits per heavy atom. The lowest BCUT2D eigenvalue weighted by Gasteiger charge is -2.32. The van der Waals surface area contributed by atoms with Crippen LogP contribution in [0.4, 0.5) is 8.78 Å². The van der Waals surface area contributed by atoms with Gasteiger partial charge in [-0.3, -0.25) is 9.59 Å². The molecule has 1 heterocycles. The molecule has 0 fully saturated rings. The highest BCUT2D eigenvalue weighted by atomic mass is 79.9. The van der Waals surface area contributed by atoms with Gasteiger partial charge in [0.15, 0.2) is 11.6 Å². The number of rotatable bonds is 8. The first-order valence-corrected chi connectivity index (χ1v) is 14.2. The van der Waals surface area contributed by atoms with E-state index < -0.39 is 34.5 Å². The van der Waals surface area contributed by atoms with E-state index in [0.717, 1.165) is 16.1 Å². The average Bonchev–Trinajstić information content (AvgIpc) is 2.90. The molecule has 9 heteroatoms. The first-order valence-electron chi connectivity index (χ1n) is 13.4. The zero-order valence-corrected chi connectivity index (χ0v) is 26.0. The molecule has 0 aliphatic heterocycles. The van der Waals surface area contributed by atoms with Crippen molar-refractivity contribution < 1.29 is 27.8 Å². The Labute approximate surface area is 252 Å². The van der Waals surface area contributed by atoms with Crippen LogP contribution in [0.1, 0.15) is 55.6 Å². The quantitative estimate of drug-likeness (QED) is 0.200. The van der Waals surface area contributed by atoms with E-state index in [0.29, 0.717) is 33.8 Å². The van der Waals surface area contributed by atoms with E-state index in [1.807, 2.05) is 55.5 Å². The zero-order chi connectivity index (χ0) is 30.8. The van der Waals surface area contributed by atoms with Gasteiger partial charge in [-0.1, -0.05) is 53.2 Å². The van der Waals surface area contributed by atoms with Gasteiger partial charge in [0.1, 0.15) is 11.4 Å². The molecule has 0 bridgehead atoms. The molecule has 1 unspecified atom stereocenters. The minimum Gasteiger partial charge on any atom is -0.493 e. The number of pyridine rings is 1. The second-order valence-corrected chi connectivity index (χ2v) is 12.4. The van der Waals surface area contributed by atoms with Crippen LogP contribution in [0.5, 0.6) is 5.75 Å². The summed E-state index contributed by atoms with van der Waals surface area (Å²) in [4.78, 5) is 31.9. The van der Waals surface area contributed by atoms with Crippen molar-refractivity contribution in [3.8, 4) is 17.0 Å². The van der Waals surface area contributed by atoms with Gasteiger partial charge in [-0.15, -0.1) is 0 Å². The molecule has 1 atom stereocenters. The number of carbonyl (C=O) groups excluding carboxylic acids is 2. The van der Waals surface area contributed by atoms with Gasteiger partial charge in [0.2, 0.25) is 0 Å². The number of fused-ring (bicyclic) bond motifs is 1. The van der Waals surface area contributed by atoms with Gasteiger partial charge < -0.3 is 14.8 Å². The molecule has 1 N–H and O–H groups in total. The monoisotopic (exact) mass is 638 g/mol. The summed E-state index contributed by atoms with van der Waals surface area (Å²) in [6, 6.07) is 16.9. The summed E-state index contributed by atoms with van der Waals surface area (Å²) in [5.74, 6) is -2.98. The lowest BCUT2D eigenvalue weighted by Crippen LogP contribution is -2.42. The molecule has 0 spiro atoms. The fraction of sp³-hybridized carbons (Fsp3) is 0.303. The van der Waals surface area contributed by atoms with Crippen LogP contribution in [0.15, 0.2) is 65.1 Å². The normalized spacial score (nSPS) is 13.0. The molecule has 4 aromatic rings. The predicted molar refractivity (Wildman–Crippen MR) is 163 cm³/mol. The number of nitrogens with zero attached hydrogens (tertiary/aromatic N) is 1. The van der Waals surface area contributed by atoms with Gasteiger partial charge in [-0.25, -0.2) is 13.8 Å². The molecule has 0 saturated heterocycles. The number of hydrogen-bond acceptors (Lipinski definition) is 5. The van der Waals surface area contributed by atoms with Crippen LogP contribution >= 0.6 is 15.9 Å². The van der Waals surface area contributed by atoms with Crippen molar-refractivity contribution >= 4 is 38.7 Å². The maximum absolute atomic E-state index is 14.8. The number of carbonyl (C=O) groups is 2. The van der Waals surface area contributed by atoms with Crippen molar-refractivity contribution in [2.24, 2.45) is 0 Å². The number of nitrogens with one attached hydrogen (secondary N) is 1. The van der Waals surface area contributed by atoms with Crippen LogP contribution in [0.2, 0.25) is 0 Å². The smallest absolute Gasteiger partial charge is 0.307 e. The molecule has 220 valence electrons. The van der Waals surface area contributed by atoms with E-state index in [-0.39, 0.29) is 24.3 Å². The van der Waals surface area contributed by atoms with Crippen molar-refractivity contribution in [3.05, 3.63) is 93.5 Å². The van der Waals surface area contributed by atoms with Gasteiger partial charge in [-0.05, 0) is 57.5 Å². The maximum Gasteiger partial charge on any atom is 0.307 e. The van der Waals surface area contributed by atoms with Gasteiger partial charge in [0, 0.05) is 39.0 Å². The number of methoxy groups -OCH3 is 1. The molecule has 42 heavy (non-hydrogen) atoms. The van der Waals surface area contributed by atoms with Crippen LogP contribution in [0, 0.1) is 18.6 Å². The Morgan fingerprint density at radius 3 is 2.33 bits per heavy atom. The Bertz CT molecular complexity index is 1650. The zero-order valence-electron chi connectivity index (χ0n) is 24.4. The molecule has 3 aromatic carbocycles. The van der Waals surface area contributed by atoms with E-state index in [1.165, 1.54) is 7.11 Å². The highest BCUT2D eigenvalue weighted by Crippen LogP contribution is 2.38. The van der Waals surface area contributed by atoms with Crippen LogP contribution in [0.25, 0.3) is 22.2 Å². The van der Waals surface area contributed by atoms with Crippen LogP contribution < -0.4 is 10.1 Å². The number of esters is 1. The largest absolute Gasteiger partial charge is 0.493 e. The summed E-state index contributed by atoms with van der Waals surface area (Å²) in [5.41, 5.74) is 1.20. The van der Waals surface area contributed by atoms with Crippen LogP contribution in [0.3, 0.4) is 0 Å². The minimum absolute atomic E-state index is 0.0951. The minimum atomic E-state index is -1.30. The molecule has 1 amide bonds. The Balaban J connectivity index is 1.80. The number of halogens is 3. The van der Waals surface area contributed by atoms with E-state index in [9.17, 15) is 18.4 Å². The first kappa shape index (κ1) is 31.1. The van der Waals surface area contributed by atoms with Gasteiger partial charge in [-0.2, -0.15) is 0 Å². The second kappa shape index (κ2) is 12.2. The molecule has 0 aliphatic rings. The van der Waals surface area contributed by atoms with Gasteiger partial charge in [0.05, 0.1) is 30.3 Å².